The molecule has 21 heavy (non-hydrogen) atoms. The molecule has 0 radical (unpaired) electrons. The number of amides is 1. The molecular weight excluding hydrogens is 336 g/mol. The van der Waals surface area contributed by atoms with Crippen molar-refractivity contribution in [1.82, 2.24) is 0 Å². The van der Waals surface area contributed by atoms with E-state index >= 15 is 0 Å². The van der Waals surface area contributed by atoms with Gasteiger partial charge < -0.3 is 16.2 Å². The minimum atomic E-state index is -1.06. The molecule has 0 aliphatic heterocycles. The topological polar surface area (TPSA) is 92.4 Å². The van der Waals surface area contributed by atoms with Gasteiger partial charge in [0.2, 0.25) is 5.91 Å². The summed E-state index contributed by atoms with van der Waals surface area (Å²) in [5.74, 6) is -1.28. The first-order valence-corrected chi connectivity index (χ1v) is 6.92. The van der Waals surface area contributed by atoms with Gasteiger partial charge in [0.15, 0.2) is 0 Å². The van der Waals surface area contributed by atoms with Crippen LogP contribution in [0.5, 0.6) is 0 Å². The van der Waals surface area contributed by atoms with E-state index in [-0.39, 0.29) is 23.6 Å². The van der Waals surface area contributed by atoms with Crippen LogP contribution in [-0.2, 0) is 11.2 Å². The van der Waals surface area contributed by atoms with Gasteiger partial charge in [-0.25, -0.2) is 4.79 Å². The Balaban J connectivity index is 2.08. The first-order chi connectivity index (χ1) is 9.95. The van der Waals surface area contributed by atoms with E-state index in [4.69, 9.17) is 10.8 Å². The van der Waals surface area contributed by atoms with Crippen LogP contribution >= 0.6 is 15.9 Å². The third-order valence-corrected chi connectivity index (χ3v) is 3.32. The van der Waals surface area contributed by atoms with E-state index in [0.717, 1.165) is 10.0 Å². The van der Waals surface area contributed by atoms with Gasteiger partial charge in [0, 0.05) is 4.47 Å². The summed E-state index contributed by atoms with van der Waals surface area (Å²) in [6, 6.07) is 11.6. The zero-order valence-electron chi connectivity index (χ0n) is 11.0. The fourth-order valence-corrected chi connectivity index (χ4v) is 2.28. The number of nitrogen functional groups attached to an aromatic ring is 1. The highest BCUT2D eigenvalue weighted by Gasteiger charge is 2.09. The summed E-state index contributed by atoms with van der Waals surface area (Å²) < 4.78 is 0.901. The van der Waals surface area contributed by atoms with Crippen LogP contribution in [-0.4, -0.2) is 17.0 Å². The highest BCUT2D eigenvalue weighted by Crippen LogP contribution is 2.20. The van der Waals surface area contributed by atoms with E-state index in [1.165, 1.54) is 18.2 Å². The normalized spacial score (nSPS) is 10.1. The number of aromatic carboxylic acids is 1. The van der Waals surface area contributed by atoms with Gasteiger partial charge in [-0.15, -0.1) is 0 Å². The molecule has 0 unspecified atom stereocenters. The Hall–Kier alpha value is -2.34. The molecule has 0 spiro atoms. The van der Waals surface area contributed by atoms with Crippen LogP contribution in [0.25, 0.3) is 0 Å². The van der Waals surface area contributed by atoms with Crippen LogP contribution in [0, 0.1) is 0 Å². The maximum Gasteiger partial charge on any atom is 0.335 e. The first-order valence-electron chi connectivity index (χ1n) is 6.13. The fraction of sp³-hybridized carbons (Fsp3) is 0.0667. The molecule has 0 heterocycles. The lowest BCUT2D eigenvalue weighted by atomic mass is 10.1. The van der Waals surface area contributed by atoms with E-state index in [1.54, 1.807) is 0 Å². The number of carbonyl (C=O) groups is 2. The quantitative estimate of drug-likeness (QED) is 0.740. The maximum atomic E-state index is 12.0. The Morgan fingerprint density at radius 1 is 1.19 bits per heavy atom. The smallest absolute Gasteiger partial charge is 0.335 e. The number of rotatable bonds is 4. The molecule has 0 aliphatic carbocycles. The minimum Gasteiger partial charge on any atom is -0.478 e. The summed E-state index contributed by atoms with van der Waals surface area (Å²) in [7, 11) is 0. The number of halogens is 1. The molecule has 0 aromatic heterocycles. The van der Waals surface area contributed by atoms with Crippen LogP contribution in [0.4, 0.5) is 11.4 Å². The number of nitrogens with two attached hydrogens (primary N) is 1. The Labute approximate surface area is 129 Å². The number of carbonyl (C=O) groups excluding carboxylic acids is 1. The van der Waals surface area contributed by atoms with Crippen molar-refractivity contribution in [3.63, 3.8) is 0 Å². The predicted octanol–water partition coefficient (Wildman–Crippen LogP) is 2.91. The van der Waals surface area contributed by atoms with Gasteiger partial charge >= 0.3 is 5.97 Å². The van der Waals surface area contributed by atoms with Crippen LogP contribution < -0.4 is 11.1 Å². The molecule has 2 rings (SSSR count). The van der Waals surface area contributed by atoms with Gasteiger partial charge in [-0.05, 0) is 35.9 Å². The number of nitrogens with one attached hydrogen (secondary N) is 1. The number of hydrogen-bond donors (Lipinski definition) is 3. The average molecular weight is 349 g/mol. The largest absolute Gasteiger partial charge is 0.478 e. The van der Waals surface area contributed by atoms with E-state index in [2.05, 4.69) is 21.2 Å². The lowest BCUT2D eigenvalue weighted by molar-refractivity contribution is -0.115. The molecule has 6 heteroatoms. The second-order valence-electron chi connectivity index (χ2n) is 4.46. The van der Waals surface area contributed by atoms with Gasteiger partial charge in [-0.3, -0.25) is 4.79 Å². The summed E-state index contributed by atoms with van der Waals surface area (Å²) in [6.45, 7) is 0. The van der Waals surface area contributed by atoms with Gasteiger partial charge in [0.25, 0.3) is 0 Å². The molecule has 2 aromatic rings. The Bertz CT molecular complexity index is 701. The third kappa shape index (κ3) is 4.06. The lowest BCUT2D eigenvalue weighted by Gasteiger charge is -2.09. The maximum absolute atomic E-state index is 12.0. The summed E-state index contributed by atoms with van der Waals surface area (Å²) >= 11 is 3.34. The minimum absolute atomic E-state index is 0.0810. The van der Waals surface area contributed by atoms with Gasteiger partial charge in [0.1, 0.15) is 0 Å². The van der Waals surface area contributed by atoms with E-state index < -0.39 is 5.97 Å². The van der Waals surface area contributed by atoms with Gasteiger partial charge in [-0.2, -0.15) is 0 Å². The molecule has 4 N–H and O–H groups in total. The van der Waals surface area contributed by atoms with Gasteiger partial charge in [-0.1, -0.05) is 28.1 Å². The Morgan fingerprint density at radius 2 is 1.95 bits per heavy atom. The monoisotopic (exact) mass is 348 g/mol. The molecule has 5 nitrogen and oxygen atoms in total. The SMILES string of the molecule is Nc1cc(C(=O)O)ccc1NC(=O)Cc1cccc(Br)c1. The number of anilines is 2. The number of hydrogen-bond acceptors (Lipinski definition) is 3. The van der Waals surface area contributed by atoms with Crippen molar-refractivity contribution in [3.05, 3.63) is 58.1 Å². The standard InChI is InChI=1S/C15H13BrN2O3/c16-11-3-1-2-9(6-11)7-14(19)18-13-5-4-10(15(20)21)8-12(13)17/h1-6,8H,7,17H2,(H,18,19)(H,20,21). The Kier molecular flexibility index (Phi) is 4.59. The van der Waals surface area contributed by atoms with Crippen molar-refractivity contribution in [3.8, 4) is 0 Å². The van der Waals surface area contributed by atoms with Crippen molar-refractivity contribution < 1.29 is 14.7 Å². The first kappa shape index (κ1) is 15.1. The molecular formula is C15H13BrN2O3. The Morgan fingerprint density at radius 3 is 2.57 bits per heavy atom. The summed E-state index contributed by atoms with van der Waals surface area (Å²) in [5, 5.41) is 11.5. The van der Waals surface area contributed by atoms with Crippen LogP contribution in [0.2, 0.25) is 0 Å². The summed E-state index contributed by atoms with van der Waals surface area (Å²) in [4.78, 5) is 22.8. The predicted molar refractivity (Wildman–Crippen MR) is 84.3 cm³/mol. The molecule has 0 aliphatic rings. The molecule has 0 saturated heterocycles. The number of carboxylic acids is 1. The molecule has 0 atom stereocenters. The molecule has 108 valence electrons. The van der Waals surface area contributed by atoms with Crippen LogP contribution in [0.15, 0.2) is 46.9 Å². The zero-order chi connectivity index (χ0) is 15.4. The molecule has 0 bridgehead atoms. The highest BCUT2D eigenvalue weighted by atomic mass is 79.9. The second-order valence-corrected chi connectivity index (χ2v) is 5.38. The highest BCUT2D eigenvalue weighted by molar-refractivity contribution is 9.10. The van der Waals surface area contributed by atoms with E-state index in [9.17, 15) is 9.59 Å². The molecule has 2 aromatic carbocycles. The number of benzene rings is 2. The van der Waals surface area contributed by atoms with Gasteiger partial charge in [0.05, 0.1) is 23.4 Å². The summed E-state index contributed by atoms with van der Waals surface area (Å²) in [6.07, 6.45) is 0.208. The third-order valence-electron chi connectivity index (χ3n) is 2.83. The zero-order valence-corrected chi connectivity index (χ0v) is 12.6. The fourth-order valence-electron chi connectivity index (χ4n) is 1.84. The van der Waals surface area contributed by atoms with Crippen molar-refractivity contribution in [2.75, 3.05) is 11.1 Å². The van der Waals surface area contributed by atoms with E-state index in [0.29, 0.717) is 5.69 Å². The second kappa shape index (κ2) is 6.41. The van der Waals surface area contributed by atoms with Crippen molar-refractivity contribution >= 4 is 39.2 Å². The molecule has 0 fully saturated rings. The van der Waals surface area contributed by atoms with Crippen LogP contribution in [0.1, 0.15) is 15.9 Å². The molecule has 1 amide bonds. The van der Waals surface area contributed by atoms with Crippen molar-refractivity contribution in [2.45, 2.75) is 6.42 Å². The average Bonchev–Trinajstić information content (AvgIpc) is 2.40. The molecule has 0 saturated carbocycles. The van der Waals surface area contributed by atoms with Crippen molar-refractivity contribution in [1.29, 1.82) is 0 Å². The van der Waals surface area contributed by atoms with Crippen LogP contribution in [0.3, 0.4) is 0 Å². The van der Waals surface area contributed by atoms with E-state index in [1.807, 2.05) is 24.3 Å². The summed E-state index contributed by atoms with van der Waals surface area (Å²) in [5.41, 5.74) is 7.31. The lowest BCUT2D eigenvalue weighted by Crippen LogP contribution is -2.15. The number of carboxylic acid groups (broad SMARTS) is 1. The van der Waals surface area contributed by atoms with Crippen molar-refractivity contribution in [2.24, 2.45) is 0 Å².